The van der Waals surface area contributed by atoms with E-state index in [0.29, 0.717) is 12.1 Å². The number of carbonyl (C=O) groups is 1. The summed E-state index contributed by atoms with van der Waals surface area (Å²) in [5.41, 5.74) is 2.46. The molecule has 156 valence electrons. The third-order valence-electron chi connectivity index (χ3n) is 5.61. The second kappa shape index (κ2) is 7.50. The zero-order chi connectivity index (χ0) is 20.8. The molecule has 0 atom stereocenters. The highest BCUT2D eigenvalue weighted by Crippen LogP contribution is 2.35. The minimum absolute atomic E-state index is 0.124. The van der Waals surface area contributed by atoms with Crippen molar-refractivity contribution in [1.29, 1.82) is 0 Å². The number of aromatic nitrogens is 2. The molecule has 3 heterocycles. The molecule has 1 fully saturated rings. The Morgan fingerprint density at radius 2 is 1.83 bits per heavy atom. The van der Waals surface area contributed by atoms with E-state index < -0.39 is 10.0 Å². The Hall–Kier alpha value is -2.32. The number of fused-ring (bicyclic) bond motifs is 3. The predicted octanol–water partition coefficient (Wildman–Crippen LogP) is 2.81. The van der Waals surface area contributed by atoms with Crippen LogP contribution >= 0.6 is 0 Å². The monoisotopic (exact) mass is 416 g/mol. The van der Waals surface area contributed by atoms with E-state index in [-0.39, 0.29) is 17.6 Å². The van der Waals surface area contributed by atoms with Crippen molar-refractivity contribution in [2.24, 2.45) is 0 Å². The lowest BCUT2D eigenvalue weighted by molar-refractivity contribution is 0.0944. The van der Waals surface area contributed by atoms with Gasteiger partial charge in [0, 0.05) is 24.5 Å². The number of amides is 1. The zero-order valence-corrected chi connectivity index (χ0v) is 18.0. The molecule has 1 N–H and O–H groups in total. The highest BCUT2D eigenvalue weighted by Gasteiger charge is 2.27. The van der Waals surface area contributed by atoms with Gasteiger partial charge in [-0.3, -0.25) is 4.79 Å². The van der Waals surface area contributed by atoms with Gasteiger partial charge in [0.25, 0.3) is 5.91 Å². The third kappa shape index (κ3) is 3.55. The molecule has 1 amide bonds. The SMILES string of the molecule is CC(C)n1c2ccccc2c2c1cc(C(=O)NCCN1CCCC1)n2S(C)(=O)=O. The molecule has 2 aromatic heterocycles. The van der Waals surface area contributed by atoms with Crippen LogP contribution in [0.25, 0.3) is 21.9 Å². The van der Waals surface area contributed by atoms with Crippen molar-refractivity contribution in [3.63, 3.8) is 0 Å². The Labute approximate surface area is 171 Å². The van der Waals surface area contributed by atoms with Gasteiger partial charge in [0.05, 0.1) is 22.8 Å². The van der Waals surface area contributed by atoms with Crippen LogP contribution in [0.3, 0.4) is 0 Å². The van der Waals surface area contributed by atoms with Crippen molar-refractivity contribution in [3.8, 4) is 0 Å². The molecule has 8 heteroatoms. The first-order valence-corrected chi connectivity index (χ1v) is 12.0. The maximum atomic E-state index is 12.9. The van der Waals surface area contributed by atoms with Gasteiger partial charge in [-0.05, 0) is 51.9 Å². The molecule has 4 rings (SSSR count). The van der Waals surface area contributed by atoms with E-state index in [1.165, 1.54) is 16.8 Å². The molecule has 1 aromatic carbocycles. The number of likely N-dealkylation sites (tertiary alicyclic amines) is 1. The summed E-state index contributed by atoms with van der Waals surface area (Å²) in [6, 6.07) is 9.56. The molecule has 3 aromatic rings. The number of nitrogens with one attached hydrogen (secondary N) is 1. The Balaban J connectivity index is 1.79. The number of hydrogen-bond donors (Lipinski definition) is 1. The van der Waals surface area contributed by atoms with Crippen LogP contribution in [0.15, 0.2) is 30.3 Å². The summed E-state index contributed by atoms with van der Waals surface area (Å²) in [7, 11) is -3.67. The van der Waals surface area contributed by atoms with Gasteiger partial charge in [-0.2, -0.15) is 0 Å². The zero-order valence-electron chi connectivity index (χ0n) is 17.2. The van der Waals surface area contributed by atoms with E-state index >= 15 is 0 Å². The highest BCUT2D eigenvalue weighted by atomic mass is 32.2. The van der Waals surface area contributed by atoms with Gasteiger partial charge in [0.2, 0.25) is 10.0 Å². The molecule has 1 saturated heterocycles. The standard InChI is InChI=1S/C21H28N4O3S/c1-15(2)24-17-9-5-4-8-16(17)20-18(24)14-19(25(20)29(3,27)28)21(26)22-10-13-23-11-6-7-12-23/h4-5,8-9,14-15H,6-7,10-13H2,1-3H3,(H,22,26). The van der Waals surface area contributed by atoms with Gasteiger partial charge < -0.3 is 14.8 Å². The van der Waals surface area contributed by atoms with E-state index in [1.54, 1.807) is 6.07 Å². The van der Waals surface area contributed by atoms with Crippen molar-refractivity contribution in [2.75, 3.05) is 32.4 Å². The van der Waals surface area contributed by atoms with Crippen molar-refractivity contribution in [1.82, 2.24) is 18.8 Å². The highest BCUT2D eigenvalue weighted by molar-refractivity contribution is 7.89. The predicted molar refractivity (Wildman–Crippen MR) is 116 cm³/mol. The van der Waals surface area contributed by atoms with E-state index in [2.05, 4.69) is 28.6 Å². The second-order valence-electron chi connectivity index (χ2n) is 8.08. The van der Waals surface area contributed by atoms with Crippen molar-refractivity contribution >= 4 is 37.9 Å². The molecule has 7 nitrogen and oxygen atoms in total. The molecule has 0 saturated carbocycles. The fraction of sp³-hybridized carbons (Fsp3) is 0.476. The number of hydrogen-bond acceptors (Lipinski definition) is 4. The summed E-state index contributed by atoms with van der Waals surface area (Å²) < 4.78 is 28.7. The second-order valence-corrected chi connectivity index (χ2v) is 9.91. The fourth-order valence-corrected chi connectivity index (χ4v) is 5.43. The maximum absolute atomic E-state index is 12.9. The Kier molecular flexibility index (Phi) is 5.16. The Morgan fingerprint density at radius 3 is 2.48 bits per heavy atom. The number of carbonyl (C=O) groups excluding carboxylic acids is 1. The van der Waals surface area contributed by atoms with E-state index in [9.17, 15) is 13.2 Å². The first-order chi connectivity index (χ1) is 13.8. The molecular weight excluding hydrogens is 388 g/mol. The number of para-hydroxylation sites is 1. The molecule has 0 spiro atoms. The van der Waals surface area contributed by atoms with Crippen molar-refractivity contribution in [2.45, 2.75) is 32.7 Å². The quantitative estimate of drug-likeness (QED) is 0.670. The smallest absolute Gasteiger partial charge is 0.269 e. The van der Waals surface area contributed by atoms with E-state index in [1.807, 2.05) is 24.3 Å². The van der Waals surface area contributed by atoms with Gasteiger partial charge in [0.15, 0.2) is 0 Å². The van der Waals surface area contributed by atoms with Gasteiger partial charge in [-0.25, -0.2) is 12.4 Å². The average molecular weight is 417 g/mol. The topological polar surface area (TPSA) is 76.3 Å². The molecule has 29 heavy (non-hydrogen) atoms. The molecule has 0 bridgehead atoms. The summed E-state index contributed by atoms with van der Waals surface area (Å²) in [5, 5.41) is 3.74. The van der Waals surface area contributed by atoms with Crippen LogP contribution in [-0.4, -0.2) is 60.2 Å². The largest absolute Gasteiger partial charge is 0.349 e. The van der Waals surface area contributed by atoms with Crippen LogP contribution in [0.1, 0.15) is 43.2 Å². The van der Waals surface area contributed by atoms with Gasteiger partial charge >= 0.3 is 0 Å². The normalized spacial score (nSPS) is 15.7. The minimum Gasteiger partial charge on any atom is -0.349 e. The Bertz CT molecular complexity index is 1170. The lowest BCUT2D eigenvalue weighted by atomic mass is 10.2. The van der Waals surface area contributed by atoms with Crippen LogP contribution in [0.5, 0.6) is 0 Å². The summed E-state index contributed by atoms with van der Waals surface area (Å²) in [4.78, 5) is 15.3. The Morgan fingerprint density at radius 1 is 1.14 bits per heavy atom. The first-order valence-electron chi connectivity index (χ1n) is 10.1. The summed E-state index contributed by atoms with van der Waals surface area (Å²) in [5.74, 6) is -0.356. The van der Waals surface area contributed by atoms with E-state index in [4.69, 9.17) is 0 Å². The van der Waals surface area contributed by atoms with Gasteiger partial charge in [0.1, 0.15) is 5.69 Å². The van der Waals surface area contributed by atoms with Crippen LogP contribution < -0.4 is 5.32 Å². The minimum atomic E-state index is -3.67. The maximum Gasteiger partial charge on any atom is 0.269 e. The lowest BCUT2D eigenvalue weighted by Crippen LogP contribution is -2.34. The van der Waals surface area contributed by atoms with Crippen LogP contribution in [-0.2, 0) is 10.0 Å². The number of benzene rings is 1. The summed E-state index contributed by atoms with van der Waals surface area (Å²) in [6.45, 7) is 7.52. The number of nitrogens with zero attached hydrogens (tertiary/aromatic N) is 3. The molecule has 1 aliphatic heterocycles. The summed E-state index contributed by atoms with van der Waals surface area (Å²) >= 11 is 0. The number of rotatable bonds is 6. The fourth-order valence-electron chi connectivity index (χ4n) is 4.41. The van der Waals surface area contributed by atoms with Gasteiger partial charge in [-0.15, -0.1) is 0 Å². The molecule has 0 unspecified atom stereocenters. The molecule has 1 aliphatic rings. The van der Waals surface area contributed by atoms with Crippen molar-refractivity contribution in [3.05, 3.63) is 36.0 Å². The van der Waals surface area contributed by atoms with Crippen molar-refractivity contribution < 1.29 is 13.2 Å². The first kappa shape index (κ1) is 20.0. The average Bonchev–Trinajstić information content (AvgIpc) is 3.34. The molecular formula is C21H28N4O3S. The van der Waals surface area contributed by atoms with Crippen LogP contribution in [0.4, 0.5) is 0 Å². The van der Waals surface area contributed by atoms with Gasteiger partial charge in [-0.1, -0.05) is 18.2 Å². The third-order valence-corrected chi connectivity index (χ3v) is 6.65. The molecule has 0 radical (unpaired) electrons. The lowest BCUT2D eigenvalue weighted by Gasteiger charge is -2.15. The summed E-state index contributed by atoms with van der Waals surface area (Å²) in [6.07, 6.45) is 3.54. The molecule has 0 aliphatic carbocycles. The van der Waals surface area contributed by atoms with Crippen LogP contribution in [0, 0.1) is 0 Å². The van der Waals surface area contributed by atoms with Crippen LogP contribution in [0.2, 0.25) is 0 Å². The van der Waals surface area contributed by atoms with E-state index in [0.717, 1.165) is 42.3 Å².